The highest BCUT2D eigenvalue weighted by Gasteiger charge is 2.27. The number of hydrogen-bond acceptors (Lipinski definition) is 6. The van der Waals surface area contributed by atoms with Crippen molar-refractivity contribution in [3.8, 4) is 34.7 Å². The first kappa shape index (κ1) is 13.2. The lowest BCUT2D eigenvalue weighted by Gasteiger charge is -1.94. The molecule has 4 aromatic rings. The summed E-state index contributed by atoms with van der Waals surface area (Å²) in [5.41, 5.74) is 1.51. The molecule has 0 amide bonds. The van der Waals surface area contributed by atoms with Crippen molar-refractivity contribution in [2.45, 2.75) is 0 Å². The summed E-state index contributed by atoms with van der Waals surface area (Å²) in [5, 5.41) is 23.7. The van der Waals surface area contributed by atoms with Crippen molar-refractivity contribution in [3.05, 3.63) is 60.7 Å². The van der Waals surface area contributed by atoms with Gasteiger partial charge >= 0.3 is 11.6 Å². The smallest absolute Gasteiger partial charge is 0.327 e. The molecule has 112 valence electrons. The van der Waals surface area contributed by atoms with Crippen LogP contribution in [0.4, 0.5) is 0 Å². The topological polar surface area (TPSA) is 91.9 Å². The zero-order valence-electron chi connectivity index (χ0n) is 11.8. The minimum absolute atomic E-state index is 0.0546. The summed E-state index contributed by atoms with van der Waals surface area (Å²) < 4.78 is 11.7. The molecule has 0 saturated heterocycles. The summed E-state index contributed by atoms with van der Waals surface area (Å²) in [5.74, 6) is -0.267. The van der Waals surface area contributed by atoms with Gasteiger partial charge in [-0.15, -0.1) is 10.2 Å². The third kappa shape index (κ3) is 2.34. The summed E-state index contributed by atoms with van der Waals surface area (Å²) >= 11 is 0. The van der Waals surface area contributed by atoms with Gasteiger partial charge in [-0.2, -0.15) is 0 Å². The molecule has 0 N–H and O–H groups in total. The molecule has 0 fully saturated rings. The average Bonchev–Trinajstić information content (AvgIpc) is 3.23. The maximum absolute atomic E-state index is 12.0. The van der Waals surface area contributed by atoms with Crippen LogP contribution in [-0.2, 0) is 0 Å². The molecule has 4 rings (SSSR count). The monoisotopic (exact) mass is 306 g/mol. The van der Waals surface area contributed by atoms with E-state index in [4.69, 9.17) is 8.94 Å². The Kier molecular flexibility index (Phi) is 3.09. The molecule has 2 aromatic heterocycles. The van der Waals surface area contributed by atoms with Crippen LogP contribution in [0.15, 0.2) is 69.6 Å². The zero-order valence-corrected chi connectivity index (χ0v) is 11.8. The minimum Gasteiger partial charge on any atom is -0.538 e. The van der Waals surface area contributed by atoms with Crippen LogP contribution in [0, 0.1) is 0 Å². The Balaban J connectivity index is 1.81. The van der Waals surface area contributed by atoms with E-state index in [1.54, 1.807) is 12.1 Å². The SMILES string of the molecule is [O-]c1on[n+](-c2ccccc2)c1-c1nnc(-c2ccccc2)o1. The van der Waals surface area contributed by atoms with E-state index in [9.17, 15) is 5.11 Å². The highest BCUT2D eigenvalue weighted by molar-refractivity contribution is 5.55. The lowest BCUT2D eigenvalue weighted by Crippen LogP contribution is -2.34. The van der Waals surface area contributed by atoms with Gasteiger partial charge in [-0.05, 0) is 16.8 Å². The number of aromatic nitrogens is 4. The van der Waals surface area contributed by atoms with E-state index in [0.717, 1.165) is 5.56 Å². The van der Waals surface area contributed by atoms with Crippen LogP contribution < -0.4 is 9.79 Å². The second-order valence-electron chi connectivity index (χ2n) is 4.73. The largest absolute Gasteiger partial charge is 0.538 e. The molecule has 0 radical (unpaired) electrons. The average molecular weight is 306 g/mol. The van der Waals surface area contributed by atoms with Gasteiger partial charge in [0, 0.05) is 17.7 Å². The molecule has 0 aliphatic heterocycles. The van der Waals surface area contributed by atoms with E-state index in [1.165, 1.54) is 4.68 Å². The highest BCUT2D eigenvalue weighted by Crippen LogP contribution is 2.26. The molecule has 2 aromatic carbocycles. The molecular formula is C16H10N4O3. The second kappa shape index (κ2) is 5.38. The fourth-order valence-electron chi connectivity index (χ4n) is 2.19. The van der Waals surface area contributed by atoms with E-state index >= 15 is 0 Å². The summed E-state index contributed by atoms with van der Waals surface area (Å²) in [6, 6.07) is 18.4. The fourth-order valence-corrected chi connectivity index (χ4v) is 2.19. The van der Waals surface area contributed by atoms with Crippen molar-refractivity contribution in [2.24, 2.45) is 0 Å². The first-order valence-corrected chi connectivity index (χ1v) is 6.86. The van der Waals surface area contributed by atoms with Crippen molar-refractivity contribution in [1.29, 1.82) is 0 Å². The Bertz CT molecular complexity index is 932. The lowest BCUT2D eigenvalue weighted by atomic mass is 10.2. The van der Waals surface area contributed by atoms with Gasteiger partial charge in [0.2, 0.25) is 11.6 Å². The number of para-hydroxylation sites is 1. The van der Waals surface area contributed by atoms with Gasteiger partial charge in [-0.3, -0.25) is 0 Å². The van der Waals surface area contributed by atoms with Crippen molar-refractivity contribution >= 4 is 0 Å². The predicted molar refractivity (Wildman–Crippen MR) is 76.2 cm³/mol. The van der Waals surface area contributed by atoms with Gasteiger partial charge in [-0.25, -0.2) is 0 Å². The van der Waals surface area contributed by atoms with Crippen LogP contribution in [0.5, 0.6) is 5.95 Å². The predicted octanol–water partition coefficient (Wildman–Crippen LogP) is 1.74. The summed E-state index contributed by atoms with van der Waals surface area (Å²) in [4.78, 5) is 0. The first-order chi connectivity index (χ1) is 11.3. The maximum atomic E-state index is 12.0. The van der Waals surface area contributed by atoms with Gasteiger partial charge in [0.05, 0.1) is 5.27 Å². The molecule has 0 atom stereocenters. The molecule has 0 aliphatic carbocycles. The summed E-state index contributed by atoms with van der Waals surface area (Å²) in [7, 11) is 0. The van der Waals surface area contributed by atoms with Crippen LogP contribution in [-0.4, -0.2) is 15.5 Å². The Hall–Kier alpha value is -3.48. The molecule has 0 saturated carbocycles. The highest BCUT2D eigenvalue weighted by atomic mass is 16.6. The normalized spacial score (nSPS) is 10.8. The van der Waals surface area contributed by atoms with Crippen LogP contribution >= 0.6 is 0 Å². The Labute approximate surface area is 130 Å². The second-order valence-corrected chi connectivity index (χ2v) is 4.73. The number of nitrogens with zero attached hydrogens (tertiary/aromatic N) is 4. The fraction of sp³-hybridized carbons (Fsp3) is 0. The Morgan fingerprint density at radius 2 is 1.48 bits per heavy atom. The van der Waals surface area contributed by atoms with E-state index in [-0.39, 0.29) is 11.6 Å². The van der Waals surface area contributed by atoms with Crippen LogP contribution in [0.2, 0.25) is 0 Å². The van der Waals surface area contributed by atoms with Crippen molar-refractivity contribution in [3.63, 3.8) is 0 Å². The summed E-state index contributed by atoms with van der Waals surface area (Å²) in [6.07, 6.45) is 0. The third-order valence-corrected chi connectivity index (χ3v) is 3.26. The molecule has 7 nitrogen and oxygen atoms in total. The standard InChI is InChI=1S/C16H10N4O3/c21-16-13(20(19-23-16)12-9-5-2-6-10-12)15-18-17-14(22-15)11-7-3-1-4-8-11/h1-10H. The van der Waals surface area contributed by atoms with Crippen LogP contribution in [0.1, 0.15) is 0 Å². The molecule has 0 spiro atoms. The summed E-state index contributed by atoms with van der Waals surface area (Å²) in [6.45, 7) is 0. The van der Waals surface area contributed by atoms with E-state index in [1.807, 2.05) is 48.5 Å². The lowest BCUT2D eigenvalue weighted by molar-refractivity contribution is -0.660. The molecule has 23 heavy (non-hydrogen) atoms. The third-order valence-electron chi connectivity index (χ3n) is 3.26. The van der Waals surface area contributed by atoms with E-state index < -0.39 is 5.95 Å². The van der Waals surface area contributed by atoms with Crippen molar-refractivity contribution in [1.82, 2.24) is 15.5 Å². The molecule has 0 bridgehead atoms. The maximum Gasteiger partial charge on any atom is 0.327 e. The number of benzene rings is 2. The van der Waals surface area contributed by atoms with Crippen molar-refractivity contribution in [2.75, 3.05) is 0 Å². The molecule has 0 aliphatic rings. The minimum atomic E-state index is -0.642. The molecular weight excluding hydrogens is 296 g/mol. The van der Waals surface area contributed by atoms with Gasteiger partial charge in [0.15, 0.2) is 5.95 Å². The number of hydrogen-bond donors (Lipinski definition) is 0. The zero-order chi connectivity index (χ0) is 15.6. The van der Waals surface area contributed by atoms with Gasteiger partial charge in [0.25, 0.3) is 0 Å². The molecule has 0 unspecified atom stereocenters. The number of rotatable bonds is 3. The Morgan fingerprint density at radius 3 is 2.22 bits per heavy atom. The Morgan fingerprint density at radius 1 is 0.826 bits per heavy atom. The van der Waals surface area contributed by atoms with E-state index in [0.29, 0.717) is 11.6 Å². The van der Waals surface area contributed by atoms with Crippen LogP contribution in [0.3, 0.4) is 0 Å². The molecule has 7 heteroatoms. The quantitative estimate of drug-likeness (QED) is 0.535. The van der Waals surface area contributed by atoms with Crippen LogP contribution in [0.25, 0.3) is 28.7 Å². The first-order valence-electron chi connectivity index (χ1n) is 6.86. The van der Waals surface area contributed by atoms with E-state index in [2.05, 4.69) is 15.5 Å². The van der Waals surface area contributed by atoms with Gasteiger partial charge in [-0.1, -0.05) is 36.4 Å². The van der Waals surface area contributed by atoms with Gasteiger partial charge in [0.1, 0.15) is 0 Å². The molecule has 2 heterocycles. The van der Waals surface area contributed by atoms with Gasteiger partial charge < -0.3 is 14.0 Å². The van der Waals surface area contributed by atoms with Crippen molar-refractivity contribution < 1.29 is 18.7 Å².